The average molecular weight is 357 g/mol. The molecule has 1 aromatic rings. The number of allylic oxidation sites excluding steroid dienone is 2. The first-order valence-corrected chi connectivity index (χ1v) is 9.75. The third-order valence-corrected chi connectivity index (χ3v) is 5.71. The van der Waals surface area contributed by atoms with Gasteiger partial charge in [0.15, 0.2) is 6.29 Å². The first-order chi connectivity index (χ1) is 12.7. The molecule has 0 atom stereocenters. The maximum Gasteiger partial charge on any atom is 0.160 e. The molecule has 2 aliphatic rings. The second-order valence-corrected chi connectivity index (χ2v) is 7.51. The number of nitriles is 1. The average Bonchev–Trinajstić information content (AvgIpc) is 2.69. The highest BCUT2D eigenvalue weighted by Gasteiger charge is 2.32. The number of halogens is 1. The van der Waals surface area contributed by atoms with Crippen molar-refractivity contribution in [1.29, 1.82) is 5.26 Å². The van der Waals surface area contributed by atoms with Gasteiger partial charge in [0, 0.05) is 11.8 Å². The van der Waals surface area contributed by atoms with E-state index in [0.717, 1.165) is 57.3 Å². The van der Waals surface area contributed by atoms with Crippen LogP contribution < -0.4 is 0 Å². The third-order valence-electron chi connectivity index (χ3n) is 5.71. The van der Waals surface area contributed by atoms with Crippen LogP contribution in [0.25, 0.3) is 0 Å². The number of hydrogen-bond acceptors (Lipinski definition) is 3. The number of nitrogens with zero attached hydrogens (tertiary/aromatic N) is 1. The maximum atomic E-state index is 13.9. The van der Waals surface area contributed by atoms with Crippen LogP contribution in [0.2, 0.25) is 0 Å². The fourth-order valence-electron chi connectivity index (χ4n) is 4.10. The lowest BCUT2D eigenvalue weighted by molar-refractivity contribution is -0.229. The van der Waals surface area contributed by atoms with Gasteiger partial charge in [-0.15, -0.1) is 0 Å². The smallest absolute Gasteiger partial charge is 0.160 e. The van der Waals surface area contributed by atoms with Gasteiger partial charge in [0.25, 0.3) is 0 Å². The number of hydrogen-bond donors (Lipinski definition) is 0. The van der Waals surface area contributed by atoms with Crippen LogP contribution in [0, 0.1) is 29.0 Å². The normalized spacial score (nSPS) is 29.6. The molecule has 3 nitrogen and oxygen atoms in total. The molecule has 0 bridgehead atoms. The molecule has 0 spiro atoms. The van der Waals surface area contributed by atoms with Crippen molar-refractivity contribution < 1.29 is 13.9 Å². The summed E-state index contributed by atoms with van der Waals surface area (Å²) >= 11 is 0. The second kappa shape index (κ2) is 9.30. The molecule has 3 rings (SSSR count). The van der Waals surface area contributed by atoms with Crippen molar-refractivity contribution >= 4 is 0 Å². The summed E-state index contributed by atoms with van der Waals surface area (Å²) < 4.78 is 25.9. The van der Waals surface area contributed by atoms with Crippen molar-refractivity contribution in [2.75, 3.05) is 13.2 Å². The molecule has 0 amide bonds. The van der Waals surface area contributed by atoms with Crippen LogP contribution in [0.15, 0.2) is 30.4 Å². The highest BCUT2D eigenvalue weighted by molar-refractivity contribution is 5.34. The van der Waals surface area contributed by atoms with Crippen LogP contribution in [0.1, 0.15) is 62.5 Å². The van der Waals surface area contributed by atoms with E-state index in [1.54, 1.807) is 6.07 Å². The SMILES string of the molecule is C/C=C/CC[C@H]1CO[C@H](C2CCC(c3ccc(C#N)c(F)c3)CC2)OC1. The number of benzene rings is 1. The molecule has 2 fully saturated rings. The predicted octanol–water partition coefficient (Wildman–Crippen LogP) is 5.32. The summed E-state index contributed by atoms with van der Waals surface area (Å²) in [5, 5.41) is 8.86. The summed E-state index contributed by atoms with van der Waals surface area (Å²) in [6.45, 7) is 3.64. The van der Waals surface area contributed by atoms with E-state index in [2.05, 4.69) is 12.2 Å². The zero-order valence-corrected chi connectivity index (χ0v) is 15.5. The van der Waals surface area contributed by atoms with Gasteiger partial charge in [0.2, 0.25) is 0 Å². The molecule has 1 aliphatic heterocycles. The Morgan fingerprint density at radius 3 is 2.54 bits per heavy atom. The monoisotopic (exact) mass is 357 g/mol. The van der Waals surface area contributed by atoms with Crippen LogP contribution in [0.4, 0.5) is 4.39 Å². The Bertz CT molecular complexity index is 651. The van der Waals surface area contributed by atoms with E-state index in [1.807, 2.05) is 19.1 Å². The Balaban J connectivity index is 1.46. The Morgan fingerprint density at radius 2 is 1.92 bits per heavy atom. The van der Waals surface area contributed by atoms with Gasteiger partial charge in [-0.05, 0) is 69.1 Å². The lowest BCUT2D eigenvalue weighted by atomic mass is 9.78. The van der Waals surface area contributed by atoms with E-state index in [4.69, 9.17) is 14.7 Å². The summed E-state index contributed by atoms with van der Waals surface area (Å²) in [6.07, 6.45) is 10.5. The molecule has 0 radical (unpaired) electrons. The van der Waals surface area contributed by atoms with Gasteiger partial charge in [-0.25, -0.2) is 4.39 Å². The van der Waals surface area contributed by atoms with Crippen LogP contribution in [0.3, 0.4) is 0 Å². The van der Waals surface area contributed by atoms with Crippen molar-refractivity contribution in [3.63, 3.8) is 0 Å². The Kier molecular flexibility index (Phi) is 6.82. The Hall–Kier alpha value is -1.70. The molecule has 1 saturated heterocycles. The van der Waals surface area contributed by atoms with E-state index < -0.39 is 5.82 Å². The van der Waals surface area contributed by atoms with Gasteiger partial charge in [0.05, 0.1) is 18.8 Å². The standard InChI is InChI=1S/C22H28FNO2/c1-2-3-4-5-16-14-25-22(26-15-16)18-8-6-17(7-9-18)19-10-11-20(13-24)21(23)12-19/h2-3,10-12,16-18,22H,4-9,14-15H2,1H3/b3-2+/t16-,17?,18?,22-. The van der Waals surface area contributed by atoms with E-state index in [-0.39, 0.29) is 11.9 Å². The number of ether oxygens (including phenoxy) is 2. The fraction of sp³-hybridized carbons (Fsp3) is 0.591. The summed E-state index contributed by atoms with van der Waals surface area (Å²) in [4.78, 5) is 0. The molecular formula is C22H28FNO2. The van der Waals surface area contributed by atoms with Crippen LogP contribution in [0.5, 0.6) is 0 Å². The van der Waals surface area contributed by atoms with E-state index in [9.17, 15) is 4.39 Å². The molecule has 4 heteroatoms. The van der Waals surface area contributed by atoms with E-state index in [0.29, 0.717) is 17.8 Å². The topological polar surface area (TPSA) is 42.2 Å². The molecule has 1 heterocycles. The first kappa shape index (κ1) is 19.1. The summed E-state index contributed by atoms with van der Waals surface area (Å²) in [5.74, 6) is 0.895. The minimum atomic E-state index is -0.407. The highest BCUT2D eigenvalue weighted by atomic mass is 19.1. The summed E-state index contributed by atoms with van der Waals surface area (Å²) in [7, 11) is 0. The predicted molar refractivity (Wildman–Crippen MR) is 99.0 cm³/mol. The molecule has 1 saturated carbocycles. The quantitative estimate of drug-likeness (QED) is 0.670. The molecule has 0 N–H and O–H groups in total. The first-order valence-electron chi connectivity index (χ1n) is 9.75. The van der Waals surface area contributed by atoms with Crippen LogP contribution in [-0.2, 0) is 9.47 Å². The van der Waals surface area contributed by atoms with Crippen molar-refractivity contribution in [2.45, 2.75) is 57.7 Å². The lowest BCUT2D eigenvalue weighted by Crippen LogP contribution is -2.38. The molecular weight excluding hydrogens is 329 g/mol. The van der Waals surface area contributed by atoms with Crippen molar-refractivity contribution in [1.82, 2.24) is 0 Å². The molecule has 0 aromatic heterocycles. The molecule has 140 valence electrons. The maximum absolute atomic E-state index is 13.9. The minimum absolute atomic E-state index is 0.0772. The number of rotatable bonds is 5. The van der Waals surface area contributed by atoms with E-state index in [1.165, 1.54) is 6.07 Å². The third kappa shape index (κ3) is 4.72. The Morgan fingerprint density at radius 1 is 1.19 bits per heavy atom. The van der Waals surface area contributed by atoms with Gasteiger partial charge in [0.1, 0.15) is 11.9 Å². The van der Waals surface area contributed by atoms with Crippen molar-refractivity contribution in [3.05, 3.63) is 47.3 Å². The lowest BCUT2D eigenvalue weighted by Gasteiger charge is -2.37. The summed E-state index contributed by atoms with van der Waals surface area (Å²) in [6, 6.07) is 6.91. The largest absolute Gasteiger partial charge is 0.352 e. The Labute approximate surface area is 155 Å². The zero-order valence-electron chi connectivity index (χ0n) is 15.5. The van der Waals surface area contributed by atoms with Crippen LogP contribution in [-0.4, -0.2) is 19.5 Å². The van der Waals surface area contributed by atoms with Crippen molar-refractivity contribution in [2.24, 2.45) is 11.8 Å². The van der Waals surface area contributed by atoms with E-state index >= 15 is 0 Å². The van der Waals surface area contributed by atoms with Gasteiger partial charge in [-0.2, -0.15) is 5.26 Å². The summed E-state index contributed by atoms with van der Waals surface area (Å²) in [5.41, 5.74) is 1.13. The minimum Gasteiger partial charge on any atom is -0.352 e. The van der Waals surface area contributed by atoms with Gasteiger partial charge in [-0.3, -0.25) is 0 Å². The highest BCUT2D eigenvalue weighted by Crippen LogP contribution is 2.39. The molecule has 26 heavy (non-hydrogen) atoms. The fourth-order valence-corrected chi connectivity index (χ4v) is 4.10. The molecule has 0 unspecified atom stereocenters. The molecule has 1 aromatic carbocycles. The van der Waals surface area contributed by atoms with Gasteiger partial charge < -0.3 is 9.47 Å². The van der Waals surface area contributed by atoms with Crippen molar-refractivity contribution in [3.8, 4) is 6.07 Å². The van der Waals surface area contributed by atoms with Crippen LogP contribution >= 0.6 is 0 Å². The molecule has 1 aliphatic carbocycles. The zero-order chi connectivity index (χ0) is 18.4. The second-order valence-electron chi connectivity index (χ2n) is 7.51. The van der Waals surface area contributed by atoms with Gasteiger partial charge in [-0.1, -0.05) is 18.2 Å². The van der Waals surface area contributed by atoms with Gasteiger partial charge >= 0.3 is 0 Å².